The number of carbonyl (C=O) groups is 1. The third kappa shape index (κ3) is 5.40. The van der Waals surface area contributed by atoms with Crippen molar-refractivity contribution in [3.8, 4) is 5.75 Å². The molecule has 0 saturated carbocycles. The van der Waals surface area contributed by atoms with Crippen molar-refractivity contribution in [2.24, 2.45) is 5.41 Å². The summed E-state index contributed by atoms with van der Waals surface area (Å²) in [7, 11) is 0. The van der Waals surface area contributed by atoms with E-state index < -0.39 is 11.5 Å². The van der Waals surface area contributed by atoms with Gasteiger partial charge in [0.2, 0.25) is 5.56 Å². The Morgan fingerprint density at radius 3 is 2.29 bits per heavy atom. The van der Waals surface area contributed by atoms with Gasteiger partial charge < -0.3 is 14.6 Å². The monoisotopic (exact) mass is 331 g/mol. The highest BCUT2D eigenvalue weighted by Gasteiger charge is 2.28. The minimum absolute atomic E-state index is 0.0604. The molecule has 0 aromatic heterocycles. The molecule has 0 radical (unpaired) electrons. The number of hydrogen-bond donors (Lipinski definition) is 0. The van der Waals surface area contributed by atoms with E-state index in [0.717, 1.165) is 12.0 Å². The second-order valence-electron chi connectivity index (χ2n) is 7.02. The Morgan fingerprint density at radius 2 is 1.86 bits per heavy atom. The van der Waals surface area contributed by atoms with Gasteiger partial charge in [-0.3, -0.25) is 0 Å². The van der Waals surface area contributed by atoms with Crippen molar-refractivity contribution < 1.29 is 14.6 Å². The molecule has 0 aliphatic rings. The highest BCUT2D eigenvalue weighted by Crippen LogP contribution is 2.38. The van der Waals surface area contributed by atoms with E-state index >= 15 is 0 Å². The molecule has 1 unspecified atom stereocenters. The number of ether oxygens (including phenoxy) is 1. The van der Waals surface area contributed by atoms with Gasteiger partial charge in [0, 0.05) is 0 Å². The van der Waals surface area contributed by atoms with E-state index in [2.05, 4.69) is 34.6 Å². The van der Waals surface area contributed by atoms with Gasteiger partial charge in [0.25, 0.3) is 0 Å². The molecule has 0 aliphatic heterocycles. The molecule has 1 rings (SSSR count). The molecule has 0 saturated heterocycles. The van der Waals surface area contributed by atoms with Crippen LogP contribution in [-0.4, -0.2) is 11.5 Å². The third-order valence-corrected chi connectivity index (χ3v) is 3.66. The summed E-state index contributed by atoms with van der Waals surface area (Å²) in [6.07, 6.45) is 0.980. The third-order valence-electron chi connectivity index (χ3n) is 3.10. The van der Waals surface area contributed by atoms with Gasteiger partial charge in [-0.15, -0.1) is 0 Å². The predicted octanol–water partition coefficient (Wildman–Crippen LogP) is 3.75. The zero-order chi connectivity index (χ0) is 16.4. The SMILES string of the molecule is CC(C)(C)CC(C)(C)c1ccc(OC(Cl)C(=O)[O-])c(Cl)c1. The number of halogens is 2. The first-order chi connectivity index (χ1) is 9.42. The van der Waals surface area contributed by atoms with E-state index in [4.69, 9.17) is 27.9 Å². The summed E-state index contributed by atoms with van der Waals surface area (Å²) in [6.45, 7) is 10.9. The molecule has 0 bridgehead atoms. The fourth-order valence-corrected chi connectivity index (χ4v) is 2.93. The predicted molar refractivity (Wildman–Crippen MR) is 83.8 cm³/mol. The lowest BCUT2D eigenvalue weighted by atomic mass is 9.72. The van der Waals surface area contributed by atoms with Crippen LogP contribution in [-0.2, 0) is 10.2 Å². The Labute approximate surface area is 136 Å². The van der Waals surface area contributed by atoms with Crippen LogP contribution in [0.3, 0.4) is 0 Å². The average molecular weight is 332 g/mol. The molecular weight excluding hydrogens is 311 g/mol. The fourth-order valence-electron chi connectivity index (χ4n) is 2.60. The highest BCUT2D eigenvalue weighted by molar-refractivity contribution is 6.32. The molecule has 1 aromatic rings. The lowest BCUT2D eigenvalue weighted by molar-refractivity contribution is -0.309. The first kappa shape index (κ1) is 18.1. The minimum Gasteiger partial charge on any atom is -0.545 e. The van der Waals surface area contributed by atoms with Gasteiger partial charge >= 0.3 is 0 Å². The molecule has 118 valence electrons. The fraction of sp³-hybridized carbons (Fsp3) is 0.562. The molecule has 1 aromatic carbocycles. The van der Waals surface area contributed by atoms with Crippen molar-refractivity contribution in [1.29, 1.82) is 0 Å². The molecule has 21 heavy (non-hydrogen) atoms. The zero-order valence-electron chi connectivity index (χ0n) is 13.0. The highest BCUT2D eigenvalue weighted by atomic mass is 35.5. The summed E-state index contributed by atoms with van der Waals surface area (Å²) in [5.74, 6) is -1.26. The van der Waals surface area contributed by atoms with Crippen molar-refractivity contribution in [3.05, 3.63) is 28.8 Å². The van der Waals surface area contributed by atoms with Crippen LogP contribution in [0.2, 0.25) is 5.02 Å². The number of alkyl halides is 1. The maximum Gasteiger partial charge on any atom is 0.211 e. The molecule has 0 spiro atoms. The second-order valence-corrected chi connectivity index (χ2v) is 7.82. The maximum atomic E-state index is 10.6. The van der Waals surface area contributed by atoms with Crippen molar-refractivity contribution in [1.82, 2.24) is 0 Å². The van der Waals surface area contributed by atoms with Crippen molar-refractivity contribution in [2.45, 2.75) is 52.0 Å². The van der Waals surface area contributed by atoms with Gasteiger partial charge in [-0.05, 0) is 34.9 Å². The zero-order valence-corrected chi connectivity index (χ0v) is 14.5. The standard InChI is InChI=1S/C16H22Cl2O3/c1-15(2,3)9-16(4,5)10-6-7-12(11(17)8-10)21-13(18)14(19)20/h6-8,13H,9H2,1-5H3,(H,19,20)/p-1. The van der Waals surface area contributed by atoms with E-state index in [0.29, 0.717) is 5.02 Å². The van der Waals surface area contributed by atoms with Gasteiger partial charge in [0.15, 0.2) is 0 Å². The lowest BCUT2D eigenvalue weighted by Crippen LogP contribution is -2.35. The van der Waals surface area contributed by atoms with Gasteiger partial charge in [0.1, 0.15) is 5.75 Å². The van der Waals surface area contributed by atoms with Gasteiger partial charge in [-0.2, -0.15) is 0 Å². The molecule has 0 fully saturated rings. The van der Waals surface area contributed by atoms with E-state index in [1.54, 1.807) is 12.1 Å². The Balaban J connectivity index is 2.99. The quantitative estimate of drug-likeness (QED) is 0.772. The summed E-state index contributed by atoms with van der Waals surface area (Å²) in [5, 5.41) is 10.9. The van der Waals surface area contributed by atoms with E-state index in [-0.39, 0.29) is 16.6 Å². The number of benzene rings is 1. The number of rotatable bonds is 5. The normalized spacial score (nSPS) is 13.9. The van der Waals surface area contributed by atoms with Crippen LogP contribution in [0.4, 0.5) is 0 Å². The Hall–Kier alpha value is -0.930. The second kappa shape index (κ2) is 6.45. The maximum absolute atomic E-state index is 10.6. The molecule has 1 atom stereocenters. The average Bonchev–Trinajstić information content (AvgIpc) is 2.28. The molecule has 5 heteroatoms. The lowest BCUT2D eigenvalue weighted by Gasteiger charge is -2.33. The first-order valence-corrected chi connectivity index (χ1v) is 7.55. The van der Waals surface area contributed by atoms with Crippen molar-refractivity contribution in [2.75, 3.05) is 0 Å². The molecule has 0 N–H and O–H groups in total. The molecule has 0 aliphatic carbocycles. The molecule has 3 nitrogen and oxygen atoms in total. The van der Waals surface area contributed by atoms with Gasteiger partial charge in [0.05, 0.1) is 11.0 Å². The Bertz CT molecular complexity index is 519. The van der Waals surface area contributed by atoms with Crippen LogP contribution in [0.15, 0.2) is 18.2 Å². The number of hydrogen-bond acceptors (Lipinski definition) is 3. The van der Waals surface area contributed by atoms with Gasteiger partial charge in [-0.1, -0.05) is 63.9 Å². The van der Waals surface area contributed by atoms with E-state index in [9.17, 15) is 9.90 Å². The number of carbonyl (C=O) groups excluding carboxylic acids is 1. The molecule has 0 amide bonds. The van der Waals surface area contributed by atoms with Crippen LogP contribution in [0.25, 0.3) is 0 Å². The topological polar surface area (TPSA) is 49.4 Å². The van der Waals surface area contributed by atoms with Crippen LogP contribution in [0.5, 0.6) is 5.75 Å². The summed E-state index contributed by atoms with van der Waals surface area (Å²) in [6, 6.07) is 5.31. The van der Waals surface area contributed by atoms with Crippen LogP contribution in [0.1, 0.15) is 46.6 Å². The summed E-state index contributed by atoms with van der Waals surface area (Å²) in [4.78, 5) is 10.6. The minimum atomic E-state index is -1.56. The van der Waals surface area contributed by atoms with Gasteiger partial charge in [-0.25, -0.2) is 0 Å². The smallest absolute Gasteiger partial charge is 0.211 e. The van der Waals surface area contributed by atoms with Crippen molar-refractivity contribution >= 4 is 29.2 Å². The molecular formula is C16H21Cl2O3-. The number of carboxylic acid groups (broad SMARTS) is 1. The Kier molecular flexibility index (Phi) is 5.57. The van der Waals surface area contributed by atoms with Crippen LogP contribution >= 0.6 is 23.2 Å². The van der Waals surface area contributed by atoms with E-state index in [1.807, 2.05) is 6.07 Å². The summed E-state index contributed by atoms with van der Waals surface area (Å²) in [5.41, 5.74) is -0.374. The number of carboxylic acids is 1. The number of aliphatic carboxylic acids is 1. The largest absolute Gasteiger partial charge is 0.545 e. The Morgan fingerprint density at radius 1 is 1.29 bits per heavy atom. The molecule has 0 heterocycles. The van der Waals surface area contributed by atoms with Crippen LogP contribution < -0.4 is 9.84 Å². The van der Waals surface area contributed by atoms with Crippen molar-refractivity contribution in [3.63, 3.8) is 0 Å². The van der Waals surface area contributed by atoms with E-state index in [1.165, 1.54) is 0 Å². The summed E-state index contributed by atoms with van der Waals surface area (Å²) >= 11 is 11.7. The first-order valence-electron chi connectivity index (χ1n) is 6.74. The summed E-state index contributed by atoms with van der Waals surface area (Å²) < 4.78 is 5.05. The van der Waals surface area contributed by atoms with Crippen LogP contribution in [0, 0.1) is 5.41 Å².